The molecule has 2 aliphatic carbocycles. The van der Waals surface area contributed by atoms with Gasteiger partial charge in [0.2, 0.25) is 5.82 Å². The summed E-state index contributed by atoms with van der Waals surface area (Å²) in [5.41, 5.74) is 0.591. The van der Waals surface area contributed by atoms with Crippen molar-refractivity contribution in [2.24, 2.45) is 24.8 Å². The van der Waals surface area contributed by atoms with E-state index in [0.29, 0.717) is 17.4 Å². The van der Waals surface area contributed by atoms with Crippen LogP contribution < -0.4 is 5.32 Å². The number of hydrogen-bond donors (Lipinski definition) is 1. The van der Waals surface area contributed by atoms with E-state index in [1.807, 2.05) is 0 Å². The molecule has 0 radical (unpaired) electrons. The highest BCUT2D eigenvalue weighted by Crippen LogP contribution is 2.48. The molecule has 3 atom stereocenters. The highest BCUT2D eigenvalue weighted by Gasteiger charge is 2.39. The normalized spacial score (nSPS) is 28.8. The van der Waals surface area contributed by atoms with Crippen molar-refractivity contribution in [1.29, 1.82) is 0 Å². The molecule has 2 bridgehead atoms. The number of nitro groups is 1. The van der Waals surface area contributed by atoms with Crippen LogP contribution in [-0.2, 0) is 7.05 Å². The average molecular weight is 264 g/mol. The summed E-state index contributed by atoms with van der Waals surface area (Å²) < 4.78 is 1.58. The molecule has 6 heteroatoms. The van der Waals surface area contributed by atoms with E-state index < -0.39 is 0 Å². The summed E-state index contributed by atoms with van der Waals surface area (Å²) in [4.78, 5) is 10.8. The van der Waals surface area contributed by atoms with E-state index >= 15 is 0 Å². The predicted molar refractivity (Wildman–Crippen MR) is 72.0 cm³/mol. The standard InChI is InChI=1S/C13H20N4O2/c1-8-12(17(18)19)13(16(2)15-8)14-7-11-6-9-3-4-10(11)5-9/h9-11,14H,3-7H2,1-2H3. The fourth-order valence-corrected chi connectivity index (χ4v) is 3.92. The zero-order valence-electron chi connectivity index (χ0n) is 11.4. The fourth-order valence-electron chi connectivity index (χ4n) is 3.92. The maximum absolute atomic E-state index is 11.1. The first kappa shape index (κ1) is 12.4. The quantitative estimate of drug-likeness (QED) is 0.669. The van der Waals surface area contributed by atoms with Crippen LogP contribution in [0.3, 0.4) is 0 Å². The first-order valence-corrected chi connectivity index (χ1v) is 6.98. The zero-order chi connectivity index (χ0) is 13.6. The fraction of sp³-hybridized carbons (Fsp3) is 0.769. The van der Waals surface area contributed by atoms with Gasteiger partial charge in [-0.25, -0.2) is 4.68 Å². The summed E-state index contributed by atoms with van der Waals surface area (Å²) >= 11 is 0. The van der Waals surface area contributed by atoms with Gasteiger partial charge in [0.1, 0.15) is 5.69 Å². The van der Waals surface area contributed by atoms with Gasteiger partial charge in [-0.2, -0.15) is 5.10 Å². The number of nitrogens with one attached hydrogen (secondary N) is 1. The average Bonchev–Trinajstić information content (AvgIpc) is 3.00. The van der Waals surface area contributed by atoms with E-state index in [9.17, 15) is 10.1 Å². The Balaban J connectivity index is 1.71. The first-order valence-electron chi connectivity index (χ1n) is 6.98. The van der Waals surface area contributed by atoms with Crippen molar-refractivity contribution in [1.82, 2.24) is 9.78 Å². The van der Waals surface area contributed by atoms with Gasteiger partial charge in [0.15, 0.2) is 0 Å². The number of aryl methyl sites for hydroxylation is 2. The number of hydrogen-bond acceptors (Lipinski definition) is 4. The maximum atomic E-state index is 11.1. The van der Waals surface area contributed by atoms with Gasteiger partial charge < -0.3 is 5.32 Å². The van der Waals surface area contributed by atoms with Crippen molar-refractivity contribution in [3.8, 4) is 0 Å². The third-order valence-electron chi connectivity index (χ3n) is 4.79. The van der Waals surface area contributed by atoms with Crippen molar-refractivity contribution in [3.05, 3.63) is 15.8 Å². The van der Waals surface area contributed by atoms with E-state index in [2.05, 4.69) is 10.4 Å². The first-order chi connectivity index (χ1) is 9.06. The lowest BCUT2D eigenvalue weighted by molar-refractivity contribution is -0.384. The zero-order valence-corrected chi connectivity index (χ0v) is 11.4. The molecule has 0 amide bonds. The van der Waals surface area contributed by atoms with Crippen molar-refractivity contribution in [2.45, 2.75) is 32.6 Å². The lowest BCUT2D eigenvalue weighted by Gasteiger charge is -2.22. The van der Waals surface area contributed by atoms with Gasteiger partial charge in [0.05, 0.1) is 4.92 Å². The number of anilines is 1. The molecular formula is C13H20N4O2. The molecule has 1 aromatic heterocycles. The van der Waals surface area contributed by atoms with Crippen molar-refractivity contribution >= 4 is 11.5 Å². The molecule has 2 saturated carbocycles. The van der Waals surface area contributed by atoms with Gasteiger partial charge >= 0.3 is 5.69 Å². The number of aromatic nitrogens is 2. The monoisotopic (exact) mass is 264 g/mol. The molecule has 0 spiro atoms. The van der Waals surface area contributed by atoms with E-state index in [-0.39, 0.29) is 10.6 Å². The Morgan fingerprint density at radius 2 is 2.26 bits per heavy atom. The molecule has 3 rings (SSSR count). The van der Waals surface area contributed by atoms with E-state index in [1.165, 1.54) is 25.7 Å². The van der Waals surface area contributed by atoms with E-state index in [4.69, 9.17) is 0 Å². The third-order valence-corrected chi connectivity index (χ3v) is 4.79. The minimum Gasteiger partial charge on any atom is -0.364 e. The second-order valence-electron chi connectivity index (χ2n) is 5.98. The minimum atomic E-state index is -0.342. The topological polar surface area (TPSA) is 73.0 Å². The van der Waals surface area contributed by atoms with Crippen LogP contribution in [0.25, 0.3) is 0 Å². The predicted octanol–water partition coefficient (Wildman–Crippen LogP) is 2.48. The molecule has 3 unspecified atom stereocenters. The number of nitrogens with zero attached hydrogens (tertiary/aromatic N) is 3. The molecule has 2 fully saturated rings. The highest BCUT2D eigenvalue weighted by molar-refractivity contribution is 5.59. The largest absolute Gasteiger partial charge is 0.364 e. The van der Waals surface area contributed by atoms with Gasteiger partial charge in [0.25, 0.3) is 0 Å². The molecule has 1 N–H and O–H groups in total. The van der Waals surface area contributed by atoms with Crippen LogP contribution in [0, 0.1) is 34.8 Å². The Labute approximate surface area is 112 Å². The second kappa shape index (κ2) is 4.51. The van der Waals surface area contributed by atoms with Crippen LogP contribution in [0.2, 0.25) is 0 Å². The van der Waals surface area contributed by atoms with Crippen molar-refractivity contribution in [3.63, 3.8) is 0 Å². The minimum absolute atomic E-state index is 0.116. The summed E-state index contributed by atoms with van der Waals surface area (Å²) in [5, 5.41) is 18.5. The smallest absolute Gasteiger partial charge is 0.333 e. The molecule has 6 nitrogen and oxygen atoms in total. The molecule has 1 aromatic rings. The molecule has 0 saturated heterocycles. The van der Waals surface area contributed by atoms with Gasteiger partial charge in [-0.05, 0) is 43.9 Å². The third kappa shape index (κ3) is 2.09. The van der Waals surface area contributed by atoms with Crippen LogP contribution in [0.1, 0.15) is 31.4 Å². The summed E-state index contributed by atoms with van der Waals surface area (Å²) in [7, 11) is 1.75. The van der Waals surface area contributed by atoms with E-state index in [1.54, 1.807) is 18.7 Å². The molecule has 0 aromatic carbocycles. The molecule has 104 valence electrons. The Hall–Kier alpha value is -1.59. The lowest BCUT2D eigenvalue weighted by atomic mass is 9.89. The summed E-state index contributed by atoms with van der Waals surface area (Å²) in [5.74, 6) is 2.95. The maximum Gasteiger partial charge on any atom is 0.333 e. The second-order valence-corrected chi connectivity index (χ2v) is 5.98. The van der Waals surface area contributed by atoms with Crippen LogP contribution in [-0.4, -0.2) is 21.2 Å². The molecule has 1 heterocycles. The molecular weight excluding hydrogens is 244 g/mol. The molecule has 2 aliphatic rings. The SMILES string of the molecule is Cc1nn(C)c(NCC2CC3CCC2C3)c1[N+](=O)[O-]. The Morgan fingerprint density at radius 1 is 1.47 bits per heavy atom. The lowest BCUT2D eigenvalue weighted by Crippen LogP contribution is -2.21. The van der Waals surface area contributed by atoms with Crippen molar-refractivity contribution < 1.29 is 4.92 Å². The Kier molecular flexibility index (Phi) is 2.95. The Morgan fingerprint density at radius 3 is 2.84 bits per heavy atom. The van der Waals surface area contributed by atoms with Crippen LogP contribution in [0.5, 0.6) is 0 Å². The van der Waals surface area contributed by atoms with Gasteiger partial charge in [-0.3, -0.25) is 10.1 Å². The highest BCUT2D eigenvalue weighted by atomic mass is 16.6. The summed E-state index contributed by atoms with van der Waals surface area (Å²) in [6.07, 6.45) is 5.36. The van der Waals surface area contributed by atoms with Crippen molar-refractivity contribution in [2.75, 3.05) is 11.9 Å². The van der Waals surface area contributed by atoms with Gasteiger partial charge in [0, 0.05) is 13.6 Å². The summed E-state index contributed by atoms with van der Waals surface area (Å²) in [6.45, 7) is 2.52. The van der Waals surface area contributed by atoms with Crippen LogP contribution in [0.4, 0.5) is 11.5 Å². The summed E-state index contributed by atoms with van der Waals surface area (Å²) in [6, 6.07) is 0. The number of fused-ring (bicyclic) bond motifs is 2. The molecule has 19 heavy (non-hydrogen) atoms. The Bertz CT molecular complexity index is 511. The van der Waals surface area contributed by atoms with E-state index in [0.717, 1.165) is 18.4 Å². The number of rotatable bonds is 4. The van der Waals surface area contributed by atoms with Gasteiger partial charge in [-0.1, -0.05) is 6.42 Å². The van der Waals surface area contributed by atoms with Crippen LogP contribution in [0.15, 0.2) is 0 Å². The molecule has 0 aliphatic heterocycles. The van der Waals surface area contributed by atoms with Crippen LogP contribution >= 0.6 is 0 Å². The van der Waals surface area contributed by atoms with Gasteiger partial charge in [-0.15, -0.1) is 0 Å².